The monoisotopic (exact) mass is 364 g/mol. The number of hydrogen-bond donors (Lipinski definition) is 0. The van der Waals surface area contributed by atoms with Gasteiger partial charge in [-0.1, -0.05) is 48.5 Å². The molecule has 1 amide bonds. The fraction of sp³-hybridized carbons (Fsp3) is 0.435. The minimum Gasteiger partial charge on any atom is -0.364 e. The molecule has 0 saturated carbocycles. The number of morpholine rings is 1. The Bertz CT molecular complexity index is 815. The molecule has 2 atom stereocenters. The van der Waals surface area contributed by atoms with E-state index in [0.717, 1.165) is 26.1 Å². The van der Waals surface area contributed by atoms with E-state index in [0.29, 0.717) is 0 Å². The highest BCUT2D eigenvalue weighted by molar-refractivity contribution is 5.79. The first-order valence-corrected chi connectivity index (χ1v) is 9.73. The van der Waals surface area contributed by atoms with Crippen molar-refractivity contribution < 1.29 is 9.53 Å². The number of likely N-dealkylation sites (tertiary alicyclic amines) is 1. The van der Waals surface area contributed by atoms with Crippen LogP contribution in [0.3, 0.4) is 0 Å². The van der Waals surface area contributed by atoms with Gasteiger partial charge in [0.15, 0.2) is 0 Å². The van der Waals surface area contributed by atoms with Crippen molar-refractivity contribution in [2.75, 3.05) is 26.7 Å². The van der Waals surface area contributed by atoms with Crippen LogP contribution < -0.4 is 0 Å². The summed E-state index contributed by atoms with van der Waals surface area (Å²) in [5.41, 5.74) is 4.90. The molecule has 0 aromatic heterocycles. The molecule has 0 N–H and O–H groups in total. The zero-order chi connectivity index (χ0) is 19.0. The highest BCUT2D eigenvalue weighted by Gasteiger charge is 2.52. The van der Waals surface area contributed by atoms with E-state index in [4.69, 9.17) is 4.74 Å². The number of nitrogens with zero attached hydrogens (tertiary/aromatic N) is 2. The second-order valence-electron chi connectivity index (χ2n) is 7.90. The molecule has 4 rings (SSSR count). The first-order chi connectivity index (χ1) is 13.0. The van der Waals surface area contributed by atoms with Gasteiger partial charge in [0.1, 0.15) is 6.61 Å². The van der Waals surface area contributed by atoms with Crippen molar-refractivity contribution in [3.8, 4) is 0 Å². The molecule has 4 nitrogen and oxygen atoms in total. The largest absolute Gasteiger partial charge is 0.364 e. The van der Waals surface area contributed by atoms with Gasteiger partial charge in [-0.25, -0.2) is 0 Å². The van der Waals surface area contributed by atoms with Gasteiger partial charge in [0.05, 0.1) is 11.6 Å². The lowest BCUT2D eigenvalue weighted by atomic mass is 9.76. The molecule has 2 aliphatic rings. The lowest BCUT2D eigenvalue weighted by Gasteiger charge is -2.55. The SMILES string of the molecule is Cc1cccc(C)c1CN1CC[C@]2(c3ccccc3)[C@@H](C1)OCC(=O)N2C. The van der Waals surface area contributed by atoms with Gasteiger partial charge in [0.25, 0.3) is 0 Å². The summed E-state index contributed by atoms with van der Waals surface area (Å²) in [4.78, 5) is 16.9. The van der Waals surface area contributed by atoms with E-state index in [-0.39, 0.29) is 24.2 Å². The maximum absolute atomic E-state index is 12.5. The summed E-state index contributed by atoms with van der Waals surface area (Å²) in [5, 5.41) is 0. The second kappa shape index (κ2) is 7.10. The minimum absolute atomic E-state index is 0.0133. The van der Waals surface area contributed by atoms with E-state index < -0.39 is 0 Å². The van der Waals surface area contributed by atoms with Crippen molar-refractivity contribution in [2.45, 2.75) is 38.5 Å². The summed E-state index contributed by atoms with van der Waals surface area (Å²) >= 11 is 0. The molecule has 2 aliphatic heterocycles. The van der Waals surface area contributed by atoms with Gasteiger partial charge in [-0.2, -0.15) is 0 Å². The van der Waals surface area contributed by atoms with E-state index in [1.165, 1.54) is 22.3 Å². The number of hydrogen-bond acceptors (Lipinski definition) is 3. The van der Waals surface area contributed by atoms with Gasteiger partial charge in [-0.05, 0) is 42.5 Å². The Morgan fingerprint density at radius 3 is 2.48 bits per heavy atom. The normalized spacial score (nSPS) is 26.1. The number of fused-ring (bicyclic) bond motifs is 1. The van der Waals surface area contributed by atoms with Gasteiger partial charge in [0, 0.05) is 26.7 Å². The number of piperidine rings is 1. The maximum Gasteiger partial charge on any atom is 0.249 e. The van der Waals surface area contributed by atoms with Crippen LogP contribution >= 0.6 is 0 Å². The van der Waals surface area contributed by atoms with Crippen LogP contribution in [0, 0.1) is 13.8 Å². The Labute approximate surface area is 161 Å². The van der Waals surface area contributed by atoms with E-state index >= 15 is 0 Å². The minimum atomic E-state index is -0.367. The molecule has 2 heterocycles. The molecule has 27 heavy (non-hydrogen) atoms. The number of amides is 1. The molecular formula is C23H28N2O2. The Morgan fingerprint density at radius 1 is 1.07 bits per heavy atom. The van der Waals surface area contributed by atoms with E-state index in [2.05, 4.69) is 61.2 Å². The fourth-order valence-corrected chi connectivity index (χ4v) is 4.75. The van der Waals surface area contributed by atoms with Crippen LogP contribution in [-0.2, 0) is 21.6 Å². The van der Waals surface area contributed by atoms with Gasteiger partial charge >= 0.3 is 0 Å². The average Bonchev–Trinajstić information content (AvgIpc) is 2.68. The van der Waals surface area contributed by atoms with Gasteiger partial charge in [-0.15, -0.1) is 0 Å². The van der Waals surface area contributed by atoms with Crippen LogP contribution in [0.2, 0.25) is 0 Å². The first-order valence-electron chi connectivity index (χ1n) is 9.73. The van der Waals surface area contributed by atoms with Crippen molar-refractivity contribution in [2.24, 2.45) is 0 Å². The first kappa shape index (κ1) is 18.2. The number of ether oxygens (including phenoxy) is 1. The number of carbonyl (C=O) groups is 1. The van der Waals surface area contributed by atoms with Crippen molar-refractivity contribution in [3.63, 3.8) is 0 Å². The maximum atomic E-state index is 12.5. The Morgan fingerprint density at radius 2 is 1.78 bits per heavy atom. The predicted molar refractivity (Wildman–Crippen MR) is 106 cm³/mol. The van der Waals surface area contributed by atoms with Crippen molar-refractivity contribution >= 4 is 5.91 Å². The third kappa shape index (κ3) is 3.07. The lowest BCUT2D eigenvalue weighted by molar-refractivity contribution is -0.183. The van der Waals surface area contributed by atoms with Crippen molar-refractivity contribution in [3.05, 3.63) is 70.8 Å². The molecule has 2 aromatic rings. The Kier molecular flexibility index (Phi) is 4.79. The van der Waals surface area contributed by atoms with Gasteiger partial charge in [0.2, 0.25) is 5.91 Å². The van der Waals surface area contributed by atoms with Crippen molar-refractivity contribution in [1.29, 1.82) is 0 Å². The summed E-state index contributed by atoms with van der Waals surface area (Å²) in [6.07, 6.45) is 0.871. The topological polar surface area (TPSA) is 32.8 Å². The number of rotatable bonds is 3. The molecule has 0 spiro atoms. The smallest absolute Gasteiger partial charge is 0.249 e. The van der Waals surface area contributed by atoms with Crippen LogP contribution in [-0.4, -0.2) is 48.6 Å². The molecule has 0 unspecified atom stereocenters. The summed E-state index contributed by atoms with van der Waals surface area (Å²) in [7, 11) is 1.94. The highest BCUT2D eigenvalue weighted by atomic mass is 16.5. The van der Waals surface area contributed by atoms with E-state index in [9.17, 15) is 4.79 Å². The van der Waals surface area contributed by atoms with Crippen LogP contribution in [0.5, 0.6) is 0 Å². The number of likely N-dealkylation sites (N-methyl/N-ethyl adjacent to an activating group) is 1. The van der Waals surface area contributed by atoms with E-state index in [1.54, 1.807) is 0 Å². The van der Waals surface area contributed by atoms with Crippen LogP contribution in [0.15, 0.2) is 48.5 Å². The third-order valence-corrected chi connectivity index (χ3v) is 6.45. The Hall–Kier alpha value is -2.17. The molecule has 2 aromatic carbocycles. The molecule has 142 valence electrons. The molecule has 4 heteroatoms. The predicted octanol–water partition coefficient (Wildman–Crippen LogP) is 3.26. The summed E-state index contributed by atoms with van der Waals surface area (Å²) < 4.78 is 6.12. The zero-order valence-electron chi connectivity index (χ0n) is 16.4. The molecule has 0 radical (unpaired) electrons. The quantitative estimate of drug-likeness (QED) is 0.838. The molecule has 0 bridgehead atoms. The lowest BCUT2D eigenvalue weighted by Crippen LogP contribution is -2.66. The average molecular weight is 364 g/mol. The standard InChI is InChI=1S/C23H28N2O2/c1-17-8-7-9-18(2)20(17)14-25-13-12-23(19-10-5-4-6-11-19)21(15-25)27-16-22(26)24(23)3/h4-11,21H,12-16H2,1-3H3/t21-,23+/m1/s1. The number of carbonyl (C=O) groups excluding carboxylic acids is 1. The Balaban J connectivity index is 1.63. The number of benzene rings is 2. The van der Waals surface area contributed by atoms with E-state index in [1.807, 2.05) is 18.0 Å². The number of aryl methyl sites for hydroxylation is 2. The highest BCUT2D eigenvalue weighted by Crippen LogP contribution is 2.42. The molecule has 0 aliphatic carbocycles. The summed E-state index contributed by atoms with van der Waals surface area (Å²) in [6, 6.07) is 16.9. The second-order valence-corrected chi connectivity index (χ2v) is 7.90. The van der Waals surface area contributed by atoms with Gasteiger partial charge in [-0.3, -0.25) is 9.69 Å². The molecule has 2 saturated heterocycles. The van der Waals surface area contributed by atoms with Crippen LogP contribution in [0.1, 0.15) is 28.7 Å². The van der Waals surface area contributed by atoms with Crippen LogP contribution in [0.4, 0.5) is 0 Å². The fourth-order valence-electron chi connectivity index (χ4n) is 4.75. The van der Waals surface area contributed by atoms with Gasteiger partial charge < -0.3 is 9.64 Å². The van der Waals surface area contributed by atoms with Crippen molar-refractivity contribution in [1.82, 2.24) is 9.80 Å². The van der Waals surface area contributed by atoms with Crippen LogP contribution in [0.25, 0.3) is 0 Å². The summed E-state index contributed by atoms with van der Waals surface area (Å²) in [6.45, 7) is 7.25. The molecular weight excluding hydrogens is 336 g/mol. The summed E-state index contributed by atoms with van der Waals surface area (Å²) in [5.74, 6) is 0.0679. The third-order valence-electron chi connectivity index (χ3n) is 6.45. The zero-order valence-corrected chi connectivity index (χ0v) is 16.4. The molecule has 2 fully saturated rings.